The van der Waals surface area contributed by atoms with Crippen molar-refractivity contribution in [3.05, 3.63) is 29.3 Å². The number of likely N-dealkylation sites (tertiary alicyclic amines) is 1. The molecule has 5 nitrogen and oxygen atoms in total. The molecular weight excluding hydrogens is 270 g/mol. The molecule has 2 aromatic heterocycles. The van der Waals surface area contributed by atoms with Crippen LogP contribution in [0.15, 0.2) is 24.5 Å². The van der Waals surface area contributed by atoms with Crippen LogP contribution in [0.2, 0.25) is 0 Å². The van der Waals surface area contributed by atoms with Crippen molar-refractivity contribution in [3.63, 3.8) is 0 Å². The zero-order valence-electron chi connectivity index (χ0n) is 11.6. The molecule has 0 aliphatic carbocycles. The van der Waals surface area contributed by atoms with Crippen molar-refractivity contribution < 1.29 is 0 Å². The molecular formula is C14H19N5S. The Labute approximate surface area is 123 Å². The number of nitrogens with zero attached hydrogens (tertiary/aromatic N) is 4. The summed E-state index contributed by atoms with van der Waals surface area (Å²) < 4.78 is 2.86. The van der Waals surface area contributed by atoms with E-state index in [1.54, 1.807) is 6.20 Å². The summed E-state index contributed by atoms with van der Waals surface area (Å²) in [6.45, 7) is 5.51. The molecule has 0 radical (unpaired) electrons. The SMILES string of the molecule is CCN1CCCC(n2c(-c3cccnc3)n[nH]c2=S)C1. The molecule has 1 N–H and O–H groups in total. The Hall–Kier alpha value is -1.53. The average Bonchev–Trinajstić information content (AvgIpc) is 2.90. The summed E-state index contributed by atoms with van der Waals surface area (Å²) in [4.78, 5) is 6.64. The lowest BCUT2D eigenvalue weighted by atomic mass is 10.1. The van der Waals surface area contributed by atoms with Crippen LogP contribution in [0.25, 0.3) is 11.4 Å². The second kappa shape index (κ2) is 5.85. The van der Waals surface area contributed by atoms with E-state index in [4.69, 9.17) is 12.2 Å². The van der Waals surface area contributed by atoms with Gasteiger partial charge >= 0.3 is 0 Å². The summed E-state index contributed by atoms with van der Waals surface area (Å²) in [6.07, 6.45) is 5.96. The predicted molar refractivity (Wildman–Crippen MR) is 81.0 cm³/mol. The van der Waals surface area contributed by atoms with E-state index in [0.717, 1.165) is 30.9 Å². The molecule has 6 heteroatoms. The fourth-order valence-corrected chi connectivity index (χ4v) is 3.15. The van der Waals surface area contributed by atoms with E-state index in [1.165, 1.54) is 13.0 Å². The second-order valence-corrected chi connectivity index (χ2v) is 5.54. The van der Waals surface area contributed by atoms with E-state index >= 15 is 0 Å². The predicted octanol–water partition coefficient (Wildman–Crippen LogP) is 2.66. The van der Waals surface area contributed by atoms with Gasteiger partial charge in [-0.2, -0.15) is 5.10 Å². The Morgan fingerprint density at radius 3 is 3.15 bits per heavy atom. The van der Waals surface area contributed by atoms with Gasteiger partial charge in [0.05, 0.1) is 6.04 Å². The number of rotatable bonds is 3. The van der Waals surface area contributed by atoms with Crippen LogP contribution < -0.4 is 0 Å². The molecule has 1 aliphatic heterocycles. The monoisotopic (exact) mass is 289 g/mol. The van der Waals surface area contributed by atoms with Crippen LogP contribution in [0.4, 0.5) is 0 Å². The van der Waals surface area contributed by atoms with Gasteiger partial charge in [-0.15, -0.1) is 0 Å². The average molecular weight is 289 g/mol. The van der Waals surface area contributed by atoms with Gasteiger partial charge in [0.2, 0.25) is 0 Å². The molecule has 0 saturated carbocycles. The van der Waals surface area contributed by atoms with Crippen LogP contribution in [0, 0.1) is 4.77 Å². The van der Waals surface area contributed by atoms with Gasteiger partial charge < -0.3 is 4.90 Å². The summed E-state index contributed by atoms with van der Waals surface area (Å²) in [7, 11) is 0. The van der Waals surface area contributed by atoms with Gasteiger partial charge in [-0.3, -0.25) is 14.6 Å². The summed E-state index contributed by atoms with van der Waals surface area (Å²) in [6, 6.07) is 4.34. The number of H-pyrrole nitrogens is 1. The molecule has 0 bridgehead atoms. The van der Waals surface area contributed by atoms with E-state index < -0.39 is 0 Å². The first-order chi connectivity index (χ1) is 9.79. The Bertz CT molecular complexity index is 618. The van der Waals surface area contributed by atoms with Crippen LogP contribution in [-0.4, -0.2) is 44.3 Å². The minimum Gasteiger partial charge on any atom is -0.302 e. The first-order valence-corrected chi connectivity index (χ1v) is 7.50. The number of nitrogens with one attached hydrogen (secondary N) is 1. The summed E-state index contributed by atoms with van der Waals surface area (Å²) in [5.74, 6) is 0.894. The van der Waals surface area contributed by atoms with Crippen molar-refractivity contribution in [2.24, 2.45) is 0 Å². The van der Waals surface area contributed by atoms with Gasteiger partial charge in [-0.05, 0) is 50.3 Å². The first-order valence-electron chi connectivity index (χ1n) is 7.09. The summed E-state index contributed by atoms with van der Waals surface area (Å²) in [5.41, 5.74) is 1.01. The van der Waals surface area contributed by atoms with Crippen LogP contribution in [-0.2, 0) is 0 Å². The topological polar surface area (TPSA) is 49.7 Å². The third-order valence-corrected chi connectivity index (χ3v) is 4.21. The molecule has 3 heterocycles. The fraction of sp³-hybridized carbons (Fsp3) is 0.500. The van der Waals surface area contributed by atoms with E-state index in [-0.39, 0.29) is 0 Å². The normalized spacial score (nSPS) is 20.1. The molecule has 20 heavy (non-hydrogen) atoms. The van der Waals surface area contributed by atoms with Gasteiger partial charge in [0.25, 0.3) is 0 Å². The van der Waals surface area contributed by atoms with Crippen molar-refractivity contribution in [3.8, 4) is 11.4 Å². The molecule has 1 aliphatic rings. The van der Waals surface area contributed by atoms with Crippen molar-refractivity contribution in [1.29, 1.82) is 0 Å². The van der Waals surface area contributed by atoms with Crippen molar-refractivity contribution in [2.45, 2.75) is 25.8 Å². The summed E-state index contributed by atoms with van der Waals surface area (Å²) in [5, 5.41) is 7.33. The molecule has 1 saturated heterocycles. The minimum atomic E-state index is 0.394. The highest BCUT2D eigenvalue weighted by atomic mass is 32.1. The number of piperidine rings is 1. The lowest BCUT2D eigenvalue weighted by Gasteiger charge is -2.32. The van der Waals surface area contributed by atoms with Crippen molar-refractivity contribution in [2.75, 3.05) is 19.6 Å². The smallest absolute Gasteiger partial charge is 0.195 e. The number of hydrogen-bond donors (Lipinski definition) is 1. The Kier molecular flexibility index (Phi) is 3.93. The lowest BCUT2D eigenvalue weighted by molar-refractivity contribution is 0.185. The second-order valence-electron chi connectivity index (χ2n) is 5.15. The minimum absolute atomic E-state index is 0.394. The fourth-order valence-electron chi connectivity index (χ4n) is 2.87. The Morgan fingerprint density at radius 2 is 2.40 bits per heavy atom. The molecule has 0 spiro atoms. The van der Waals surface area contributed by atoms with Crippen molar-refractivity contribution >= 4 is 12.2 Å². The summed E-state index contributed by atoms with van der Waals surface area (Å²) >= 11 is 5.43. The van der Waals surface area contributed by atoms with E-state index in [2.05, 4.69) is 31.6 Å². The number of likely N-dealkylation sites (N-methyl/N-ethyl adjacent to an activating group) is 1. The first kappa shape index (κ1) is 13.5. The van der Waals surface area contributed by atoms with E-state index in [9.17, 15) is 0 Å². The highest BCUT2D eigenvalue weighted by molar-refractivity contribution is 7.71. The highest BCUT2D eigenvalue weighted by Crippen LogP contribution is 2.26. The van der Waals surface area contributed by atoms with Crippen LogP contribution in [0.3, 0.4) is 0 Å². The number of aromatic amines is 1. The molecule has 2 aromatic rings. The largest absolute Gasteiger partial charge is 0.302 e. The zero-order valence-corrected chi connectivity index (χ0v) is 12.4. The van der Waals surface area contributed by atoms with Gasteiger partial charge in [0.15, 0.2) is 10.6 Å². The van der Waals surface area contributed by atoms with E-state index in [0.29, 0.717) is 10.8 Å². The quantitative estimate of drug-likeness (QED) is 0.883. The standard InChI is InChI=1S/C14H19N5S/c1-2-18-8-4-6-12(10-18)19-13(16-17-14(19)20)11-5-3-7-15-9-11/h3,5,7,9,12H,2,4,6,8,10H2,1H3,(H,17,20). The molecule has 1 unspecified atom stereocenters. The lowest BCUT2D eigenvalue weighted by Crippen LogP contribution is -2.36. The maximum Gasteiger partial charge on any atom is 0.195 e. The van der Waals surface area contributed by atoms with Crippen molar-refractivity contribution in [1.82, 2.24) is 24.6 Å². The third-order valence-electron chi connectivity index (χ3n) is 3.92. The van der Waals surface area contributed by atoms with Crippen LogP contribution >= 0.6 is 12.2 Å². The van der Waals surface area contributed by atoms with Gasteiger partial charge in [0.1, 0.15) is 0 Å². The molecule has 1 atom stereocenters. The molecule has 106 valence electrons. The highest BCUT2D eigenvalue weighted by Gasteiger charge is 2.23. The van der Waals surface area contributed by atoms with Gasteiger partial charge in [-0.1, -0.05) is 6.92 Å². The molecule has 0 aromatic carbocycles. The maximum absolute atomic E-state index is 5.43. The van der Waals surface area contributed by atoms with Crippen LogP contribution in [0.1, 0.15) is 25.8 Å². The van der Waals surface area contributed by atoms with E-state index in [1.807, 2.05) is 18.3 Å². The third kappa shape index (κ3) is 2.53. The zero-order chi connectivity index (χ0) is 13.9. The number of pyridine rings is 1. The number of aromatic nitrogens is 4. The molecule has 3 rings (SSSR count). The van der Waals surface area contributed by atoms with Crippen LogP contribution in [0.5, 0.6) is 0 Å². The Morgan fingerprint density at radius 1 is 1.50 bits per heavy atom. The Balaban J connectivity index is 1.97. The molecule has 1 fully saturated rings. The number of hydrogen-bond acceptors (Lipinski definition) is 4. The van der Waals surface area contributed by atoms with Gasteiger partial charge in [0, 0.05) is 24.5 Å². The van der Waals surface area contributed by atoms with Gasteiger partial charge in [-0.25, -0.2) is 0 Å². The molecule has 0 amide bonds. The maximum atomic E-state index is 5.43.